The molecule has 9 heteroatoms. The Morgan fingerprint density at radius 3 is 2.14 bits per heavy atom. The van der Waals surface area contributed by atoms with Crippen LogP contribution in [0.2, 0.25) is 0 Å². The maximum Gasteiger partial charge on any atom is 0.573 e. The molecular weight excluding hydrogens is 559 g/mol. The molecule has 0 aromatic heterocycles. The van der Waals surface area contributed by atoms with E-state index in [1.54, 1.807) is 18.2 Å². The molecule has 0 heterocycles. The second-order valence-corrected chi connectivity index (χ2v) is 10.3. The summed E-state index contributed by atoms with van der Waals surface area (Å²) in [6, 6.07) is 20.7. The highest BCUT2D eigenvalue weighted by atomic mass is 19.4. The number of benzene rings is 3. The van der Waals surface area contributed by atoms with E-state index in [9.17, 15) is 22.8 Å². The molecule has 3 aromatic rings. The average Bonchev–Trinajstić information content (AvgIpc) is 3.00. The number of methoxy groups -OCH3 is 1. The van der Waals surface area contributed by atoms with E-state index in [-0.39, 0.29) is 12.3 Å². The zero-order valence-corrected chi connectivity index (χ0v) is 24.8. The number of hydrogen-bond donors (Lipinski definition) is 0. The first-order valence-electron chi connectivity index (χ1n) is 14.8. The van der Waals surface area contributed by atoms with E-state index >= 15 is 0 Å². The van der Waals surface area contributed by atoms with Crippen LogP contribution in [-0.2, 0) is 20.7 Å². The maximum absolute atomic E-state index is 13.2. The van der Waals surface area contributed by atoms with Crippen molar-refractivity contribution in [2.75, 3.05) is 25.2 Å². The smallest absolute Gasteiger partial charge is 0.491 e. The summed E-state index contributed by atoms with van der Waals surface area (Å²) < 4.78 is 52.8. The minimum Gasteiger partial charge on any atom is -0.491 e. The molecule has 232 valence electrons. The van der Waals surface area contributed by atoms with Crippen LogP contribution >= 0.6 is 0 Å². The van der Waals surface area contributed by atoms with Gasteiger partial charge in [-0.05, 0) is 66.6 Å². The van der Waals surface area contributed by atoms with Crippen molar-refractivity contribution in [2.45, 2.75) is 71.1 Å². The molecule has 0 radical (unpaired) electrons. The largest absolute Gasteiger partial charge is 0.573 e. The first-order valence-corrected chi connectivity index (χ1v) is 14.8. The van der Waals surface area contributed by atoms with Crippen molar-refractivity contribution in [1.82, 2.24) is 0 Å². The molecule has 0 aliphatic heterocycles. The van der Waals surface area contributed by atoms with Gasteiger partial charge in [-0.15, -0.1) is 13.2 Å². The molecule has 0 fully saturated rings. The zero-order valence-electron chi connectivity index (χ0n) is 24.8. The minimum atomic E-state index is -4.78. The van der Waals surface area contributed by atoms with E-state index in [2.05, 4.69) is 11.7 Å². The molecular formula is C34H40F3NO5. The van der Waals surface area contributed by atoms with E-state index in [0.717, 1.165) is 44.9 Å². The lowest BCUT2D eigenvalue weighted by Gasteiger charge is -2.25. The molecule has 6 nitrogen and oxygen atoms in total. The van der Waals surface area contributed by atoms with E-state index in [1.807, 2.05) is 30.3 Å². The summed E-state index contributed by atoms with van der Waals surface area (Å²) in [6.07, 6.45) is 3.91. The Morgan fingerprint density at radius 2 is 1.47 bits per heavy atom. The Kier molecular flexibility index (Phi) is 13.4. The number of unbranched alkanes of at least 4 members (excludes halogenated alkanes) is 6. The van der Waals surface area contributed by atoms with Crippen molar-refractivity contribution in [3.05, 3.63) is 78.4 Å². The van der Waals surface area contributed by atoms with E-state index in [4.69, 9.17) is 9.47 Å². The molecule has 3 aromatic carbocycles. The average molecular weight is 600 g/mol. The van der Waals surface area contributed by atoms with Gasteiger partial charge < -0.3 is 14.2 Å². The number of carbonyl (C=O) groups excluding carboxylic acids is 2. The number of nitrogens with zero attached hydrogens (tertiary/aromatic N) is 1. The topological polar surface area (TPSA) is 65.1 Å². The van der Waals surface area contributed by atoms with Gasteiger partial charge in [0.1, 0.15) is 11.5 Å². The number of rotatable bonds is 16. The standard InChI is InChI=1S/C34H40F3NO5/c1-3-4-5-6-7-13-24-42-31-25-28(27-17-20-29(21-18-27)43-34(35,36)37)19-22-30(31)38(32(39)33(40)41-2)23-12-11-16-26-14-9-8-10-15-26/h8-10,14-15,17-22,25H,3-7,11-13,16,23-24H2,1-2H3. The summed E-state index contributed by atoms with van der Waals surface area (Å²) in [7, 11) is 1.17. The normalized spacial score (nSPS) is 11.2. The van der Waals surface area contributed by atoms with Gasteiger partial charge >= 0.3 is 18.2 Å². The predicted octanol–water partition coefficient (Wildman–Crippen LogP) is 8.52. The lowest BCUT2D eigenvalue weighted by atomic mass is 10.0. The van der Waals surface area contributed by atoms with Crippen molar-refractivity contribution in [1.29, 1.82) is 0 Å². The fourth-order valence-electron chi connectivity index (χ4n) is 4.72. The molecule has 3 rings (SSSR count). The van der Waals surface area contributed by atoms with Crippen LogP contribution in [-0.4, -0.2) is 38.5 Å². The Hall–Kier alpha value is -4.01. The molecule has 43 heavy (non-hydrogen) atoms. The molecule has 0 unspecified atom stereocenters. The fourth-order valence-corrected chi connectivity index (χ4v) is 4.72. The molecule has 0 saturated carbocycles. The van der Waals surface area contributed by atoms with Gasteiger partial charge in [0.15, 0.2) is 0 Å². The maximum atomic E-state index is 13.2. The van der Waals surface area contributed by atoms with Crippen LogP contribution in [0.25, 0.3) is 11.1 Å². The van der Waals surface area contributed by atoms with Gasteiger partial charge in [0, 0.05) is 6.54 Å². The number of ether oxygens (including phenoxy) is 3. The third-order valence-electron chi connectivity index (χ3n) is 6.97. The Morgan fingerprint density at radius 1 is 0.791 bits per heavy atom. The SMILES string of the molecule is CCCCCCCCOc1cc(-c2ccc(OC(F)(F)F)cc2)ccc1N(CCCCc1ccccc1)C(=O)C(=O)OC. The summed E-state index contributed by atoms with van der Waals surface area (Å²) >= 11 is 0. The van der Waals surface area contributed by atoms with E-state index < -0.39 is 18.2 Å². The third-order valence-corrected chi connectivity index (χ3v) is 6.97. The number of carbonyl (C=O) groups is 2. The Balaban J connectivity index is 1.84. The molecule has 0 bridgehead atoms. The minimum absolute atomic E-state index is 0.275. The molecule has 0 N–H and O–H groups in total. The highest BCUT2D eigenvalue weighted by molar-refractivity contribution is 6.38. The van der Waals surface area contributed by atoms with Crippen LogP contribution in [0.1, 0.15) is 63.9 Å². The van der Waals surface area contributed by atoms with Crippen LogP contribution in [0.3, 0.4) is 0 Å². The summed E-state index contributed by atoms with van der Waals surface area (Å²) in [5.74, 6) is -1.69. The van der Waals surface area contributed by atoms with Crippen molar-refractivity contribution < 1.29 is 37.0 Å². The van der Waals surface area contributed by atoms with Crippen molar-refractivity contribution in [2.24, 2.45) is 0 Å². The van der Waals surface area contributed by atoms with E-state index in [0.29, 0.717) is 35.6 Å². The number of alkyl halides is 3. The van der Waals surface area contributed by atoms with Crippen LogP contribution in [0.15, 0.2) is 72.8 Å². The van der Waals surface area contributed by atoms with Gasteiger partial charge in [-0.3, -0.25) is 9.69 Å². The van der Waals surface area contributed by atoms with Crippen LogP contribution < -0.4 is 14.4 Å². The van der Waals surface area contributed by atoms with Gasteiger partial charge in [0.2, 0.25) is 0 Å². The summed E-state index contributed by atoms with van der Waals surface area (Å²) in [5, 5.41) is 0. The number of hydrogen-bond acceptors (Lipinski definition) is 5. The number of halogens is 3. The second kappa shape index (κ2) is 17.2. The predicted molar refractivity (Wildman–Crippen MR) is 161 cm³/mol. The highest BCUT2D eigenvalue weighted by Gasteiger charge is 2.31. The number of amides is 1. The number of anilines is 1. The number of esters is 1. The molecule has 0 spiro atoms. The summed E-state index contributed by atoms with van der Waals surface area (Å²) in [6.45, 7) is 2.85. The zero-order chi connectivity index (χ0) is 31.1. The van der Waals surface area contributed by atoms with Gasteiger partial charge in [-0.2, -0.15) is 0 Å². The van der Waals surface area contributed by atoms with Gasteiger partial charge in [0.05, 0.1) is 19.4 Å². The molecule has 0 aliphatic rings. The third kappa shape index (κ3) is 11.3. The second-order valence-electron chi connectivity index (χ2n) is 10.3. The molecule has 0 aliphatic carbocycles. The van der Waals surface area contributed by atoms with E-state index in [1.165, 1.54) is 48.3 Å². The number of aryl methyl sites for hydroxylation is 1. The molecule has 0 saturated heterocycles. The quantitative estimate of drug-likeness (QED) is 0.0938. The van der Waals surface area contributed by atoms with Crippen molar-refractivity contribution in [3.8, 4) is 22.6 Å². The fraction of sp³-hybridized carbons (Fsp3) is 0.412. The van der Waals surface area contributed by atoms with Crippen LogP contribution in [0.5, 0.6) is 11.5 Å². The molecule has 0 atom stereocenters. The monoisotopic (exact) mass is 599 g/mol. The summed E-state index contributed by atoms with van der Waals surface area (Å²) in [5.41, 5.74) is 2.93. The van der Waals surface area contributed by atoms with Crippen LogP contribution in [0, 0.1) is 0 Å². The Labute approximate surface area is 251 Å². The van der Waals surface area contributed by atoms with Crippen molar-refractivity contribution in [3.63, 3.8) is 0 Å². The Bertz CT molecular complexity index is 1280. The van der Waals surface area contributed by atoms with Gasteiger partial charge in [-0.25, -0.2) is 4.79 Å². The molecule has 1 amide bonds. The first-order chi connectivity index (χ1) is 20.7. The lowest BCUT2D eigenvalue weighted by Crippen LogP contribution is -2.38. The van der Waals surface area contributed by atoms with Crippen LogP contribution in [0.4, 0.5) is 18.9 Å². The van der Waals surface area contributed by atoms with Gasteiger partial charge in [0.25, 0.3) is 0 Å². The highest BCUT2D eigenvalue weighted by Crippen LogP contribution is 2.35. The lowest BCUT2D eigenvalue weighted by molar-refractivity contribution is -0.274. The first kappa shape index (κ1) is 33.5. The summed E-state index contributed by atoms with van der Waals surface area (Å²) in [4.78, 5) is 26.9. The van der Waals surface area contributed by atoms with Gasteiger partial charge in [-0.1, -0.05) is 87.6 Å². The van der Waals surface area contributed by atoms with Crippen molar-refractivity contribution >= 4 is 17.6 Å².